The van der Waals surface area contributed by atoms with Crippen molar-refractivity contribution in [3.05, 3.63) is 63.1 Å². The van der Waals surface area contributed by atoms with Gasteiger partial charge in [-0.3, -0.25) is 4.90 Å². The number of hydrogen-bond acceptors (Lipinski definition) is 2. The first-order chi connectivity index (χ1) is 10.1. The average Bonchev–Trinajstić information content (AvgIpc) is 3.25. The highest BCUT2D eigenvalue weighted by Crippen LogP contribution is 2.32. The second-order valence-corrected chi connectivity index (χ2v) is 6.94. The fourth-order valence-corrected chi connectivity index (χ4v) is 3.28. The molecule has 2 nitrogen and oxygen atoms in total. The summed E-state index contributed by atoms with van der Waals surface area (Å²) in [6, 6.07) is 14.9. The fourth-order valence-electron chi connectivity index (χ4n) is 2.55. The fraction of sp³-hybridized carbons (Fsp3) is 0.294. The van der Waals surface area contributed by atoms with E-state index in [9.17, 15) is 0 Å². The third-order valence-corrected chi connectivity index (χ3v) is 4.63. The average molecular weight is 366 g/mol. The van der Waals surface area contributed by atoms with E-state index in [4.69, 9.17) is 17.3 Å². The van der Waals surface area contributed by atoms with Gasteiger partial charge in [0.1, 0.15) is 0 Å². The molecule has 0 spiro atoms. The summed E-state index contributed by atoms with van der Waals surface area (Å²) in [4.78, 5) is 2.49. The van der Waals surface area contributed by atoms with E-state index in [1.54, 1.807) is 0 Å². The lowest BCUT2D eigenvalue weighted by Crippen LogP contribution is -2.25. The molecule has 1 aliphatic carbocycles. The molecule has 4 heteroatoms. The molecule has 2 aromatic carbocycles. The number of nitrogens with zero attached hydrogens (tertiary/aromatic N) is 1. The van der Waals surface area contributed by atoms with E-state index in [0.29, 0.717) is 6.04 Å². The first-order valence-electron chi connectivity index (χ1n) is 7.14. The summed E-state index contributed by atoms with van der Waals surface area (Å²) in [6.45, 7) is 1.80. The minimum absolute atomic E-state index is 0.672. The van der Waals surface area contributed by atoms with Crippen LogP contribution in [0.3, 0.4) is 0 Å². The van der Waals surface area contributed by atoms with Gasteiger partial charge in [-0.25, -0.2) is 0 Å². The van der Waals surface area contributed by atoms with Gasteiger partial charge < -0.3 is 5.73 Å². The number of benzene rings is 2. The summed E-state index contributed by atoms with van der Waals surface area (Å²) in [5.74, 6) is 0. The highest BCUT2D eigenvalue weighted by atomic mass is 79.9. The lowest BCUT2D eigenvalue weighted by molar-refractivity contribution is 0.246. The molecule has 0 unspecified atom stereocenters. The van der Waals surface area contributed by atoms with Crippen LogP contribution in [0.4, 0.5) is 5.69 Å². The van der Waals surface area contributed by atoms with Crippen molar-refractivity contribution >= 4 is 33.2 Å². The Bertz CT molecular complexity index is 640. The topological polar surface area (TPSA) is 29.3 Å². The van der Waals surface area contributed by atoms with Crippen LogP contribution in [0.25, 0.3) is 0 Å². The Balaban J connectivity index is 1.76. The lowest BCUT2D eigenvalue weighted by atomic mass is 10.1. The van der Waals surface area contributed by atoms with E-state index in [-0.39, 0.29) is 0 Å². The molecule has 0 amide bonds. The summed E-state index contributed by atoms with van der Waals surface area (Å²) >= 11 is 9.80. The van der Waals surface area contributed by atoms with Crippen LogP contribution < -0.4 is 5.73 Å². The molecule has 0 radical (unpaired) electrons. The number of anilines is 1. The van der Waals surface area contributed by atoms with Crippen molar-refractivity contribution < 1.29 is 0 Å². The monoisotopic (exact) mass is 364 g/mol. The minimum atomic E-state index is 0.672. The molecule has 0 bridgehead atoms. The Morgan fingerprint density at radius 1 is 1.14 bits per heavy atom. The van der Waals surface area contributed by atoms with E-state index < -0.39 is 0 Å². The number of rotatable bonds is 5. The second kappa shape index (κ2) is 6.39. The van der Waals surface area contributed by atoms with Crippen molar-refractivity contribution in [1.82, 2.24) is 4.90 Å². The predicted octanol–water partition coefficient (Wildman–Crippen LogP) is 4.85. The Morgan fingerprint density at radius 3 is 2.62 bits per heavy atom. The summed E-state index contributed by atoms with van der Waals surface area (Å²) < 4.78 is 1.02. The zero-order valence-electron chi connectivity index (χ0n) is 11.7. The van der Waals surface area contributed by atoms with Gasteiger partial charge in [0.15, 0.2) is 0 Å². The Kier molecular flexibility index (Phi) is 4.53. The maximum absolute atomic E-state index is 6.35. The van der Waals surface area contributed by atoms with Gasteiger partial charge in [0.25, 0.3) is 0 Å². The van der Waals surface area contributed by atoms with Gasteiger partial charge in [0.05, 0.1) is 0 Å². The van der Waals surface area contributed by atoms with Gasteiger partial charge in [-0.1, -0.05) is 45.7 Å². The number of nitrogen functional groups attached to an aromatic ring is 1. The van der Waals surface area contributed by atoms with E-state index in [0.717, 1.165) is 28.3 Å². The summed E-state index contributed by atoms with van der Waals surface area (Å²) in [5, 5.41) is 0.822. The van der Waals surface area contributed by atoms with Gasteiger partial charge in [0, 0.05) is 34.3 Å². The van der Waals surface area contributed by atoms with Crippen molar-refractivity contribution in [2.75, 3.05) is 5.73 Å². The van der Waals surface area contributed by atoms with E-state index in [2.05, 4.69) is 39.0 Å². The van der Waals surface area contributed by atoms with Gasteiger partial charge in [0.2, 0.25) is 0 Å². The van der Waals surface area contributed by atoms with Crippen LogP contribution in [-0.2, 0) is 13.1 Å². The van der Waals surface area contributed by atoms with Crippen LogP contribution in [-0.4, -0.2) is 10.9 Å². The van der Waals surface area contributed by atoms with Gasteiger partial charge >= 0.3 is 0 Å². The van der Waals surface area contributed by atoms with Crippen LogP contribution in [0.15, 0.2) is 46.9 Å². The Morgan fingerprint density at radius 2 is 1.95 bits per heavy atom. The van der Waals surface area contributed by atoms with E-state index in [1.807, 2.05) is 24.3 Å². The van der Waals surface area contributed by atoms with E-state index in [1.165, 1.54) is 24.0 Å². The third kappa shape index (κ3) is 4.00. The van der Waals surface area contributed by atoms with Gasteiger partial charge in [-0.15, -0.1) is 0 Å². The molecule has 0 atom stereocenters. The van der Waals surface area contributed by atoms with Crippen LogP contribution in [0.2, 0.25) is 5.02 Å². The molecule has 21 heavy (non-hydrogen) atoms. The van der Waals surface area contributed by atoms with Crippen LogP contribution >= 0.6 is 27.5 Å². The van der Waals surface area contributed by atoms with Crippen molar-refractivity contribution in [2.45, 2.75) is 32.0 Å². The Hall–Kier alpha value is -1.03. The van der Waals surface area contributed by atoms with Crippen molar-refractivity contribution in [2.24, 2.45) is 0 Å². The smallest absolute Gasteiger partial charge is 0.0462 e. The summed E-state index contributed by atoms with van der Waals surface area (Å²) in [5.41, 5.74) is 9.13. The van der Waals surface area contributed by atoms with Crippen LogP contribution in [0.1, 0.15) is 24.0 Å². The SMILES string of the molecule is Nc1cccc(CN(Cc2ccc(Br)cc2Cl)C2CC2)c1. The normalized spacial score (nSPS) is 14.6. The first kappa shape index (κ1) is 14.9. The zero-order valence-corrected chi connectivity index (χ0v) is 14.1. The maximum Gasteiger partial charge on any atom is 0.0462 e. The quantitative estimate of drug-likeness (QED) is 0.767. The summed E-state index contributed by atoms with van der Waals surface area (Å²) in [7, 11) is 0. The molecule has 0 heterocycles. The number of nitrogens with two attached hydrogens (primary N) is 1. The molecular weight excluding hydrogens is 348 g/mol. The molecule has 0 saturated heterocycles. The molecule has 0 aromatic heterocycles. The zero-order chi connectivity index (χ0) is 14.8. The first-order valence-corrected chi connectivity index (χ1v) is 8.31. The lowest BCUT2D eigenvalue weighted by Gasteiger charge is -2.23. The molecule has 2 aromatic rings. The van der Waals surface area contributed by atoms with Gasteiger partial charge in [-0.2, -0.15) is 0 Å². The molecular formula is C17H18BrClN2. The molecule has 3 rings (SSSR count). The van der Waals surface area contributed by atoms with Crippen LogP contribution in [0.5, 0.6) is 0 Å². The van der Waals surface area contributed by atoms with Crippen molar-refractivity contribution in [3.63, 3.8) is 0 Å². The molecule has 1 saturated carbocycles. The molecule has 110 valence electrons. The number of hydrogen-bond donors (Lipinski definition) is 1. The van der Waals surface area contributed by atoms with Gasteiger partial charge in [-0.05, 0) is 48.2 Å². The van der Waals surface area contributed by atoms with Crippen molar-refractivity contribution in [3.8, 4) is 0 Å². The highest BCUT2D eigenvalue weighted by Gasteiger charge is 2.29. The largest absolute Gasteiger partial charge is 0.399 e. The molecule has 0 aliphatic heterocycles. The third-order valence-electron chi connectivity index (χ3n) is 3.79. The minimum Gasteiger partial charge on any atom is -0.399 e. The highest BCUT2D eigenvalue weighted by molar-refractivity contribution is 9.10. The summed E-state index contributed by atoms with van der Waals surface area (Å²) in [6.07, 6.45) is 2.55. The van der Waals surface area contributed by atoms with Crippen molar-refractivity contribution in [1.29, 1.82) is 0 Å². The Labute approximate surface area is 139 Å². The molecule has 2 N–H and O–H groups in total. The van der Waals surface area contributed by atoms with Crippen LogP contribution in [0, 0.1) is 0 Å². The second-order valence-electron chi connectivity index (χ2n) is 5.62. The standard InChI is InChI=1S/C17H18BrClN2/c18-14-5-4-13(17(19)9-14)11-21(16-6-7-16)10-12-2-1-3-15(20)8-12/h1-5,8-9,16H,6-7,10-11,20H2. The van der Waals surface area contributed by atoms with E-state index >= 15 is 0 Å². The number of halogens is 2. The maximum atomic E-state index is 6.35. The molecule has 1 aliphatic rings. The molecule has 1 fully saturated rings. The predicted molar refractivity (Wildman–Crippen MR) is 92.3 cm³/mol.